The highest BCUT2D eigenvalue weighted by atomic mass is 16.5. The summed E-state index contributed by atoms with van der Waals surface area (Å²) in [7, 11) is 1.70. The summed E-state index contributed by atoms with van der Waals surface area (Å²) in [4.78, 5) is 16.4. The Balaban J connectivity index is 1.78. The molecule has 0 bridgehead atoms. The lowest BCUT2D eigenvalue weighted by Crippen LogP contribution is -2.36. The number of hydrogen-bond acceptors (Lipinski definition) is 4. The number of pyridine rings is 1. The minimum absolute atomic E-state index is 0.0622. The van der Waals surface area contributed by atoms with E-state index in [0.717, 1.165) is 38.1 Å². The third-order valence-electron chi connectivity index (χ3n) is 3.79. The number of rotatable bonds is 7. The lowest BCUT2D eigenvalue weighted by Gasteiger charge is -2.22. The third-order valence-corrected chi connectivity index (χ3v) is 3.79. The molecule has 0 spiro atoms. The molecule has 1 amide bonds. The van der Waals surface area contributed by atoms with Crippen molar-refractivity contribution in [1.82, 2.24) is 10.3 Å². The van der Waals surface area contributed by atoms with Gasteiger partial charge in [0, 0.05) is 26.3 Å². The molecule has 0 radical (unpaired) electrons. The highest BCUT2D eigenvalue weighted by molar-refractivity contribution is 5.92. The van der Waals surface area contributed by atoms with E-state index in [0.29, 0.717) is 11.7 Å². The molecule has 2 rings (SSSR count). The van der Waals surface area contributed by atoms with Gasteiger partial charge < -0.3 is 15.4 Å². The first-order valence-corrected chi connectivity index (χ1v) is 7.79. The molecular formula is C16H25N3O2. The van der Waals surface area contributed by atoms with Crippen LogP contribution < -0.4 is 10.6 Å². The van der Waals surface area contributed by atoms with Gasteiger partial charge in [-0.15, -0.1) is 0 Å². The van der Waals surface area contributed by atoms with Gasteiger partial charge in [-0.1, -0.05) is 19.3 Å². The fourth-order valence-corrected chi connectivity index (χ4v) is 2.59. The molecule has 1 aliphatic carbocycles. The number of anilines is 1. The number of methoxy groups -OCH3 is 1. The lowest BCUT2D eigenvalue weighted by molar-refractivity contribution is 0.0922. The molecule has 0 atom stereocenters. The van der Waals surface area contributed by atoms with E-state index in [-0.39, 0.29) is 5.91 Å². The second-order valence-corrected chi connectivity index (χ2v) is 5.51. The fraction of sp³-hybridized carbons (Fsp3) is 0.625. The van der Waals surface area contributed by atoms with Crippen LogP contribution in [0, 0.1) is 0 Å². The number of carbonyl (C=O) groups excluding carboxylic acids is 1. The monoisotopic (exact) mass is 291 g/mol. The molecule has 0 saturated heterocycles. The lowest BCUT2D eigenvalue weighted by atomic mass is 9.95. The quantitative estimate of drug-likeness (QED) is 0.758. The van der Waals surface area contributed by atoms with Crippen LogP contribution in [0.5, 0.6) is 0 Å². The van der Waals surface area contributed by atoms with Gasteiger partial charge in [0.15, 0.2) is 0 Å². The van der Waals surface area contributed by atoms with Crippen molar-refractivity contribution in [1.29, 1.82) is 0 Å². The molecular weight excluding hydrogens is 266 g/mol. The summed E-state index contributed by atoms with van der Waals surface area (Å²) in [6.45, 7) is 1.57. The summed E-state index contributed by atoms with van der Waals surface area (Å²) in [6, 6.07) is 3.99. The Morgan fingerprint density at radius 2 is 2.14 bits per heavy atom. The highest BCUT2D eigenvalue weighted by Gasteiger charge is 2.17. The van der Waals surface area contributed by atoms with Gasteiger partial charge in [0.25, 0.3) is 5.91 Å². The summed E-state index contributed by atoms with van der Waals surface area (Å²) >= 11 is 0. The van der Waals surface area contributed by atoms with Crippen LogP contribution in [0.25, 0.3) is 0 Å². The number of nitrogens with zero attached hydrogens (tertiary/aromatic N) is 1. The van der Waals surface area contributed by atoms with Crippen LogP contribution in [0.3, 0.4) is 0 Å². The second-order valence-electron chi connectivity index (χ2n) is 5.51. The molecule has 1 heterocycles. The predicted octanol–water partition coefficient (Wildman–Crippen LogP) is 2.59. The minimum atomic E-state index is -0.0622. The van der Waals surface area contributed by atoms with Crippen molar-refractivity contribution in [2.75, 3.05) is 25.6 Å². The molecule has 5 heteroatoms. The number of hydrogen-bond donors (Lipinski definition) is 2. The molecule has 1 saturated carbocycles. The summed E-state index contributed by atoms with van der Waals surface area (Å²) in [5.41, 5.74) is 1.42. The maximum atomic E-state index is 12.1. The van der Waals surface area contributed by atoms with E-state index in [9.17, 15) is 4.79 Å². The van der Waals surface area contributed by atoms with Gasteiger partial charge in [-0.2, -0.15) is 0 Å². The summed E-state index contributed by atoms with van der Waals surface area (Å²) in [5, 5.41) is 6.33. The molecule has 0 aromatic carbocycles. The molecule has 116 valence electrons. The van der Waals surface area contributed by atoms with Gasteiger partial charge in [0.2, 0.25) is 0 Å². The van der Waals surface area contributed by atoms with Crippen molar-refractivity contribution < 1.29 is 9.53 Å². The van der Waals surface area contributed by atoms with E-state index in [1.807, 2.05) is 6.07 Å². The maximum Gasteiger partial charge on any atom is 0.270 e. The third kappa shape index (κ3) is 5.34. The van der Waals surface area contributed by atoms with Crippen LogP contribution in [-0.2, 0) is 4.74 Å². The molecule has 0 aliphatic heterocycles. The van der Waals surface area contributed by atoms with Crippen molar-refractivity contribution in [2.45, 2.75) is 44.6 Å². The molecule has 2 N–H and O–H groups in total. The Morgan fingerprint density at radius 3 is 2.81 bits per heavy atom. The zero-order valence-electron chi connectivity index (χ0n) is 12.7. The predicted molar refractivity (Wildman–Crippen MR) is 83.6 cm³/mol. The zero-order valence-corrected chi connectivity index (χ0v) is 12.7. The number of ether oxygens (including phenoxy) is 1. The first-order valence-electron chi connectivity index (χ1n) is 7.79. The van der Waals surface area contributed by atoms with Crippen LogP contribution in [0.15, 0.2) is 18.3 Å². The molecule has 1 fully saturated rings. The summed E-state index contributed by atoms with van der Waals surface area (Å²) in [6.07, 6.45) is 8.54. The van der Waals surface area contributed by atoms with E-state index in [4.69, 9.17) is 4.74 Å². The molecule has 1 aliphatic rings. The van der Waals surface area contributed by atoms with Gasteiger partial charge >= 0.3 is 0 Å². The van der Waals surface area contributed by atoms with E-state index in [2.05, 4.69) is 15.6 Å². The van der Waals surface area contributed by atoms with Crippen LogP contribution in [0.2, 0.25) is 0 Å². The molecule has 0 unspecified atom stereocenters. The fourth-order valence-electron chi connectivity index (χ4n) is 2.59. The SMILES string of the molecule is COCCCNc1ccc(C(=O)NC2CCCCC2)nc1. The Bertz CT molecular complexity index is 428. The first-order chi connectivity index (χ1) is 10.3. The van der Waals surface area contributed by atoms with Crippen LogP contribution in [0.1, 0.15) is 49.0 Å². The van der Waals surface area contributed by atoms with Gasteiger partial charge in [-0.25, -0.2) is 4.98 Å². The standard InChI is InChI=1S/C16H25N3O2/c1-21-11-5-10-17-14-8-9-15(18-12-14)16(20)19-13-6-3-2-4-7-13/h8-9,12-13,17H,2-7,10-11H2,1H3,(H,19,20). The average molecular weight is 291 g/mol. The Morgan fingerprint density at radius 1 is 1.33 bits per heavy atom. The number of aromatic nitrogens is 1. The molecule has 5 nitrogen and oxygen atoms in total. The molecule has 1 aromatic rings. The Kier molecular flexibility index (Phi) is 6.47. The van der Waals surface area contributed by atoms with Crippen molar-refractivity contribution in [3.8, 4) is 0 Å². The average Bonchev–Trinajstić information content (AvgIpc) is 2.53. The van der Waals surface area contributed by atoms with Crippen LogP contribution >= 0.6 is 0 Å². The first kappa shape index (κ1) is 15.8. The van der Waals surface area contributed by atoms with Gasteiger partial charge in [0.1, 0.15) is 5.69 Å². The number of amides is 1. The Labute approximate surface area is 126 Å². The topological polar surface area (TPSA) is 63.2 Å². The van der Waals surface area contributed by atoms with Gasteiger partial charge in [0.05, 0.1) is 11.9 Å². The van der Waals surface area contributed by atoms with E-state index in [1.54, 1.807) is 19.4 Å². The largest absolute Gasteiger partial charge is 0.385 e. The van der Waals surface area contributed by atoms with Crippen molar-refractivity contribution >= 4 is 11.6 Å². The minimum Gasteiger partial charge on any atom is -0.385 e. The second kappa shape index (κ2) is 8.62. The van der Waals surface area contributed by atoms with Gasteiger partial charge in [-0.05, 0) is 31.4 Å². The van der Waals surface area contributed by atoms with Gasteiger partial charge in [-0.3, -0.25) is 4.79 Å². The van der Waals surface area contributed by atoms with Crippen molar-refractivity contribution in [3.63, 3.8) is 0 Å². The normalized spacial score (nSPS) is 15.7. The van der Waals surface area contributed by atoms with Crippen molar-refractivity contribution in [3.05, 3.63) is 24.0 Å². The number of nitrogens with one attached hydrogen (secondary N) is 2. The molecule has 1 aromatic heterocycles. The zero-order chi connectivity index (χ0) is 14.9. The van der Waals surface area contributed by atoms with Crippen molar-refractivity contribution in [2.24, 2.45) is 0 Å². The smallest absolute Gasteiger partial charge is 0.270 e. The highest BCUT2D eigenvalue weighted by Crippen LogP contribution is 2.17. The van der Waals surface area contributed by atoms with E-state index < -0.39 is 0 Å². The number of carbonyl (C=O) groups is 1. The van der Waals surface area contributed by atoms with Crippen LogP contribution in [0.4, 0.5) is 5.69 Å². The van der Waals surface area contributed by atoms with Crippen LogP contribution in [-0.4, -0.2) is 37.2 Å². The van der Waals surface area contributed by atoms with E-state index in [1.165, 1.54) is 19.3 Å². The van der Waals surface area contributed by atoms with E-state index >= 15 is 0 Å². The summed E-state index contributed by atoms with van der Waals surface area (Å²) < 4.78 is 4.99. The molecule has 21 heavy (non-hydrogen) atoms. The Hall–Kier alpha value is -1.62. The summed E-state index contributed by atoms with van der Waals surface area (Å²) in [5.74, 6) is -0.0622. The maximum absolute atomic E-state index is 12.1.